The summed E-state index contributed by atoms with van der Waals surface area (Å²) in [7, 11) is 3.09. The van der Waals surface area contributed by atoms with Gasteiger partial charge in [-0.25, -0.2) is 0 Å². The lowest BCUT2D eigenvalue weighted by atomic mass is 10.3. The number of ether oxygens (including phenoxy) is 1. The molecule has 1 aromatic carbocycles. The third kappa shape index (κ3) is 6.11. The number of carbonyl (C=O) groups excluding carboxylic acids is 3. The Morgan fingerprint density at radius 1 is 1.22 bits per heavy atom. The van der Waals surface area contributed by atoms with Crippen LogP contribution >= 0.6 is 11.6 Å². The van der Waals surface area contributed by atoms with E-state index in [1.807, 2.05) is 4.90 Å². The van der Waals surface area contributed by atoms with Gasteiger partial charge in [-0.1, -0.05) is 11.6 Å². The predicted octanol–water partition coefficient (Wildman–Crippen LogP) is 0.910. The van der Waals surface area contributed by atoms with Crippen molar-refractivity contribution in [2.45, 2.75) is 6.92 Å². The fraction of sp³-hybridized carbons (Fsp3) is 0.500. The van der Waals surface area contributed by atoms with Crippen LogP contribution in [0, 0.1) is 0 Å². The molecular weight excluding hydrogens is 372 g/mol. The van der Waals surface area contributed by atoms with Crippen LogP contribution in [-0.4, -0.2) is 85.8 Å². The minimum atomic E-state index is -0.340. The lowest BCUT2D eigenvalue weighted by Gasteiger charge is -2.34. The molecule has 27 heavy (non-hydrogen) atoms. The first-order valence-corrected chi connectivity index (χ1v) is 9.03. The third-order valence-corrected chi connectivity index (χ3v) is 4.65. The van der Waals surface area contributed by atoms with Gasteiger partial charge in [0.15, 0.2) is 0 Å². The summed E-state index contributed by atoms with van der Waals surface area (Å²) >= 11 is 5.95. The van der Waals surface area contributed by atoms with Crippen LogP contribution in [0.25, 0.3) is 0 Å². The number of hydrogen-bond acceptors (Lipinski definition) is 5. The van der Waals surface area contributed by atoms with E-state index in [-0.39, 0.29) is 30.8 Å². The van der Waals surface area contributed by atoms with E-state index in [4.69, 9.17) is 16.3 Å². The lowest BCUT2D eigenvalue weighted by molar-refractivity contribution is -0.135. The van der Waals surface area contributed by atoms with Crippen molar-refractivity contribution in [3.8, 4) is 5.75 Å². The van der Waals surface area contributed by atoms with E-state index >= 15 is 0 Å². The fourth-order valence-corrected chi connectivity index (χ4v) is 2.98. The molecule has 0 saturated carbocycles. The van der Waals surface area contributed by atoms with Crippen LogP contribution < -0.4 is 10.1 Å². The number of nitrogens with zero attached hydrogens (tertiary/aromatic N) is 3. The fourth-order valence-electron chi connectivity index (χ4n) is 2.80. The Kier molecular flexibility index (Phi) is 7.44. The highest BCUT2D eigenvalue weighted by Gasteiger charge is 2.22. The Morgan fingerprint density at radius 2 is 1.89 bits per heavy atom. The quantitative estimate of drug-likeness (QED) is 0.772. The maximum atomic E-state index is 12.4. The number of nitrogens with one attached hydrogen (secondary N) is 1. The molecule has 0 spiro atoms. The maximum absolute atomic E-state index is 12.4. The normalized spacial score (nSPS) is 14.6. The van der Waals surface area contributed by atoms with Crippen molar-refractivity contribution in [2.75, 3.05) is 58.7 Å². The molecule has 1 heterocycles. The second-order valence-electron chi connectivity index (χ2n) is 6.42. The molecule has 3 amide bonds. The molecule has 1 fully saturated rings. The SMILES string of the molecule is COc1ccc(Cl)cc1NC(=O)CN(C)C(=O)CN1CCN(C(C)=O)CC1. The maximum Gasteiger partial charge on any atom is 0.244 e. The van der Waals surface area contributed by atoms with Crippen molar-refractivity contribution >= 4 is 35.0 Å². The van der Waals surface area contributed by atoms with Gasteiger partial charge in [-0.05, 0) is 18.2 Å². The van der Waals surface area contributed by atoms with Gasteiger partial charge in [-0.15, -0.1) is 0 Å². The van der Waals surface area contributed by atoms with Crippen LogP contribution in [0.4, 0.5) is 5.69 Å². The van der Waals surface area contributed by atoms with Crippen molar-refractivity contribution in [3.63, 3.8) is 0 Å². The summed E-state index contributed by atoms with van der Waals surface area (Å²) in [6, 6.07) is 4.92. The number of benzene rings is 1. The first kappa shape index (κ1) is 21.0. The van der Waals surface area contributed by atoms with E-state index in [9.17, 15) is 14.4 Å². The minimum Gasteiger partial charge on any atom is -0.495 e. The molecule has 0 aliphatic carbocycles. The second kappa shape index (κ2) is 9.57. The zero-order chi connectivity index (χ0) is 20.0. The van der Waals surface area contributed by atoms with E-state index < -0.39 is 0 Å². The van der Waals surface area contributed by atoms with Gasteiger partial charge in [0.2, 0.25) is 17.7 Å². The molecule has 0 bridgehead atoms. The molecule has 0 radical (unpaired) electrons. The molecule has 1 aromatic rings. The average molecular weight is 397 g/mol. The van der Waals surface area contributed by atoms with Gasteiger partial charge in [-0.2, -0.15) is 0 Å². The first-order valence-electron chi connectivity index (χ1n) is 8.65. The standard InChI is InChI=1S/C18H25ClN4O4/c1-13(24)23-8-6-22(7-9-23)12-18(26)21(2)11-17(25)20-15-10-14(19)4-5-16(15)27-3/h4-5,10H,6-9,11-12H2,1-3H3,(H,20,25). The van der Waals surface area contributed by atoms with Gasteiger partial charge < -0.3 is 19.9 Å². The number of anilines is 1. The zero-order valence-corrected chi connectivity index (χ0v) is 16.6. The van der Waals surface area contributed by atoms with Crippen LogP contribution in [0.3, 0.4) is 0 Å². The summed E-state index contributed by atoms with van der Waals surface area (Å²) < 4.78 is 5.19. The van der Waals surface area contributed by atoms with Gasteiger partial charge in [0.05, 0.1) is 25.9 Å². The zero-order valence-electron chi connectivity index (χ0n) is 15.8. The Bertz CT molecular complexity index is 705. The first-order chi connectivity index (χ1) is 12.8. The number of halogens is 1. The van der Waals surface area contributed by atoms with Crippen molar-refractivity contribution in [1.82, 2.24) is 14.7 Å². The number of likely N-dealkylation sites (N-methyl/N-ethyl adjacent to an activating group) is 1. The Labute approximate surface area is 164 Å². The van der Waals surface area contributed by atoms with E-state index in [0.29, 0.717) is 42.6 Å². The van der Waals surface area contributed by atoms with E-state index in [1.165, 1.54) is 12.0 Å². The topological polar surface area (TPSA) is 82.2 Å². The molecule has 9 heteroatoms. The highest BCUT2D eigenvalue weighted by Crippen LogP contribution is 2.27. The van der Waals surface area contributed by atoms with Gasteiger partial charge in [0.25, 0.3) is 0 Å². The lowest BCUT2D eigenvalue weighted by Crippen LogP contribution is -2.51. The molecule has 8 nitrogen and oxygen atoms in total. The van der Waals surface area contributed by atoms with Crippen molar-refractivity contribution in [2.24, 2.45) is 0 Å². The van der Waals surface area contributed by atoms with Crippen LogP contribution in [0.15, 0.2) is 18.2 Å². The molecule has 1 aliphatic heterocycles. The molecule has 1 aliphatic rings. The minimum absolute atomic E-state index is 0.0474. The summed E-state index contributed by atoms with van der Waals surface area (Å²) in [5.74, 6) is 0.0450. The van der Waals surface area contributed by atoms with Crippen LogP contribution in [0.1, 0.15) is 6.92 Å². The van der Waals surface area contributed by atoms with Crippen molar-refractivity contribution < 1.29 is 19.1 Å². The molecule has 1 saturated heterocycles. The summed E-state index contributed by atoms with van der Waals surface area (Å²) in [5.41, 5.74) is 0.455. The Morgan fingerprint density at radius 3 is 2.48 bits per heavy atom. The van der Waals surface area contributed by atoms with Gasteiger partial charge in [0, 0.05) is 45.2 Å². The summed E-state index contributed by atoms with van der Waals surface area (Å²) in [4.78, 5) is 41.1. The highest BCUT2D eigenvalue weighted by atomic mass is 35.5. The predicted molar refractivity (Wildman–Crippen MR) is 103 cm³/mol. The van der Waals surface area contributed by atoms with E-state index in [1.54, 1.807) is 37.1 Å². The van der Waals surface area contributed by atoms with Gasteiger partial charge >= 0.3 is 0 Å². The summed E-state index contributed by atoms with van der Waals surface area (Å²) in [6.07, 6.45) is 0. The molecule has 0 atom stereocenters. The van der Waals surface area contributed by atoms with Crippen LogP contribution in [-0.2, 0) is 14.4 Å². The van der Waals surface area contributed by atoms with Gasteiger partial charge in [-0.3, -0.25) is 19.3 Å². The largest absolute Gasteiger partial charge is 0.495 e. The average Bonchev–Trinajstić information content (AvgIpc) is 2.62. The van der Waals surface area contributed by atoms with Gasteiger partial charge in [0.1, 0.15) is 5.75 Å². The van der Waals surface area contributed by atoms with Crippen molar-refractivity contribution in [3.05, 3.63) is 23.2 Å². The van der Waals surface area contributed by atoms with Crippen molar-refractivity contribution in [1.29, 1.82) is 0 Å². The van der Waals surface area contributed by atoms with E-state index in [2.05, 4.69) is 5.32 Å². The molecule has 0 aromatic heterocycles. The summed E-state index contributed by atoms with van der Waals surface area (Å²) in [5, 5.41) is 3.18. The molecular formula is C18H25ClN4O4. The number of amides is 3. The number of piperazine rings is 1. The second-order valence-corrected chi connectivity index (χ2v) is 6.86. The molecule has 2 rings (SSSR count). The van der Waals surface area contributed by atoms with Crippen LogP contribution in [0.5, 0.6) is 5.75 Å². The number of hydrogen-bond donors (Lipinski definition) is 1. The Balaban J connectivity index is 1.83. The Hall–Kier alpha value is -2.32. The smallest absolute Gasteiger partial charge is 0.244 e. The molecule has 0 unspecified atom stereocenters. The molecule has 1 N–H and O–H groups in total. The highest BCUT2D eigenvalue weighted by molar-refractivity contribution is 6.31. The number of carbonyl (C=O) groups is 3. The summed E-state index contributed by atoms with van der Waals surface area (Å²) in [6.45, 7) is 4.19. The van der Waals surface area contributed by atoms with Crippen LogP contribution in [0.2, 0.25) is 5.02 Å². The van der Waals surface area contributed by atoms with E-state index in [0.717, 1.165) is 0 Å². The third-order valence-electron chi connectivity index (χ3n) is 4.42. The molecule has 148 valence electrons. The number of methoxy groups -OCH3 is 1. The monoisotopic (exact) mass is 396 g/mol. The number of rotatable bonds is 6.